The summed E-state index contributed by atoms with van der Waals surface area (Å²) in [5, 5.41) is 2.78. The van der Waals surface area contributed by atoms with E-state index in [2.05, 4.69) is 5.32 Å². The molecule has 2 amide bonds. The highest BCUT2D eigenvalue weighted by atomic mass is 16.2. The summed E-state index contributed by atoms with van der Waals surface area (Å²) in [6, 6.07) is 5.38. The minimum Gasteiger partial charge on any atom is -0.398 e. The number of likely N-dealkylation sites (tertiary alicyclic amines) is 1. The van der Waals surface area contributed by atoms with E-state index in [-0.39, 0.29) is 11.8 Å². The Labute approximate surface area is 125 Å². The van der Waals surface area contributed by atoms with Crippen LogP contribution in [0.3, 0.4) is 0 Å². The van der Waals surface area contributed by atoms with Crippen LogP contribution in [0.4, 0.5) is 5.69 Å². The van der Waals surface area contributed by atoms with Gasteiger partial charge in [-0.15, -0.1) is 0 Å². The van der Waals surface area contributed by atoms with Gasteiger partial charge < -0.3 is 16.0 Å². The third-order valence-electron chi connectivity index (χ3n) is 3.87. The molecule has 114 valence electrons. The van der Waals surface area contributed by atoms with Crippen molar-refractivity contribution in [2.45, 2.75) is 32.6 Å². The van der Waals surface area contributed by atoms with Gasteiger partial charge in [-0.2, -0.15) is 0 Å². The second-order valence-corrected chi connectivity index (χ2v) is 5.49. The lowest BCUT2D eigenvalue weighted by Crippen LogP contribution is -2.38. The zero-order valence-corrected chi connectivity index (χ0v) is 12.5. The molecule has 0 unspecified atom stereocenters. The van der Waals surface area contributed by atoms with Crippen molar-refractivity contribution in [3.63, 3.8) is 0 Å². The number of piperidine rings is 1. The fourth-order valence-corrected chi connectivity index (χ4v) is 2.67. The summed E-state index contributed by atoms with van der Waals surface area (Å²) in [7, 11) is 0. The molecule has 5 nitrogen and oxygen atoms in total. The first kappa shape index (κ1) is 15.4. The molecule has 0 atom stereocenters. The molecule has 0 aliphatic carbocycles. The number of nitrogens with two attached hydrogens (primary N) is 1. The Balaban J connectivity index is 1.83. The molecule has 1 fully saturated rings. The van der Waals surface area contributed by atoms with Crippen LogP contribution in [0.2, 0.25) is 0 Å². The van der Waals surface area contributed by atoms with E-state index in [1.54, 1.807) is 6.07 Å². The molecule has 21 heavy (non-hydrogen) atoms. The van der Waals surface area contributed by atoms with Crippen molar-refractivity contribution in [3.8, 4) is 0 Å². The summed E-state index contributed by atoms with van der Waals surface area (Å²) in [5.74, 6) is -0.0928. The first-order valence-electron chi connectivity index (χ1n) is 7.50. The van der Waals surface area contributed by atoms with Crippen LogP contribution in [0.15, 0.2) is 18.2 Å². The molecule has 0 bridgehead atoms. The van der Waals surface area contributed by atoms with Crippen LogP contribution in [0.5, 0.6) is 0 Å². The van der Waals surface area contributed by atoms with Gasteiger partial charge in [-0.3, -0.25) is 9.59 Å². The van der Waals surface area contributed by atoms with Crippen LogP contribution in [0.25, 0.3) is 0 Å². The van der Waals surface area contributed by atoms with Gasteiger partial charge in [0.1, 0.15) is 0 Å². The van der Waals surface area contributed by atoms with Crippen LogP contribution < -0.4 is 11.1 Å². The number of amides is 2. The molecule has 2 rings (SSSR count). The van der Waals surface area contributed by atoms with Gasteiger partial charge in [0.15, 0.2) is 0 Å². The molecule has 5 heteroatoms. The number of hydrogen-bond acceptors (Lipinski definition) is 3. The zero-order valence-electron chi connectivity index (χ0n) is 12.5. The largest absolute Gasteiger partial charge is 0.398 e. The number of aryl methyl sites for hydroxylation is 1. The van der Waals surface area contributed by atoms with Gasteiger partial charge in [-0.05, 0) is 37.8 Å². The van der Waals surface area contributed by atoms with Gasteiger partial charge in [0.25, 0.3) is 5.91 Å². The topological polar surface area (TPSA) is 75.4 Å². The van der Waals surface area contributed by atoms with Gasteiger partial charge in [-0.1, -0.05) is 12.1 Å². The maximum Gasteiger partial charge on any atom is 0.253 e. The summed E-state index contributed by atoms with van der Waals surface area (Å²) < 4.78 is 0. The molecule has 3 N–H and O–H groups in total. The number of carbonyl (C=O) groups is 2. The Morgan fingerprint density at radius 2 is 1.95 bits per heavy atom. The minimum atomic E-state index is -0.211. The van der Waals surface area contributed by atoms with Gasteiger partial charge >= 0.3 is 0 Å². The summed E-state index contributed by atoms with van der Waals surface area (Å²) in [5.41, 5.74) is 7.65. The van der Waals surface area contributed by atoms with Crippen LogP contribution >= 0.6 is 0 Å². The van der Waals surface area contributed by atoms with E-state index >= 15 is 0 Å². The maximum absolute atomic E-state index is 12.1. The Morgan fingerprint density at radius 1 is 1.24 bits per heavy atom. The quantitative estimate of drug-likeness (QED) is 0.829. The molecular formula is C16H23N3O2. The van der Waals surface area contributed by atoms with Crippen LogP contribution in [-0.4, -0.2) is 36.3 Å². The predicted octanol–water partition coefficient (Wildman–Crippen LogP) is 1.71. The maximum atomic E-state index is 12.1. The average Bonchev–Trinajstić information content (AvgIpc) is 2.48. The third-order valence-corrected chi connectivity index (χ3v) is 3.87. The van der Waals surface area contributed by atoms with Crippen LogP contribution in [0, 0.1) is 6.92 Å². The number of anilines is 1. The van der Waals surface area contributed by atoms with Gasteiger partial charge in [-0.25, -0.2) is 0 Å². The first-order valence-corrected chi connectivity index (χ1v) is 7.50. The molecule has 1 aliphatic heterocycles. The highest BCUT2D eigenvalue weighted by molar-refractivity contribution is 6.00. The zero-order chi connectivity index (χ0) is 15.2. The SMILES string of the molecule is Cc1cccc(N)c1C(=O)NCCC(=O)N1CCCCC1. The van der Waals surface area contributed by atoms with Crippen molar-refractivity contribution in [2.24, 2.45) is 0 Å². The number of nitrogen functional groups attached to an aromatic ring is 1. The first-order chi connectivity index (χ1) is 10.1. The van der Waals surface area contributed by atoms with Crippen molar-refractivity contribution >= 4 is 17.5 Å². The lowest BCUT2D eigenvalue weighted by molar-refractivity contribution is -0.131. The lowest BCUT2D eigenvalue weighted by atomic mass is 10.1. The fraction of sp³-hybridized carbons (Fsp3) is 0.500. The fourth-order valence-electron chi connectivity index (χ4n) is 2.67. The average molecular weight is 289 g/mol. The molecule has 0 aromatic heterocycles. The normalized spacial score (nSPS) is 14.8. The molecule has 0 radical (unpaired) electrons. The van der Waals surface area contributed by atoms with Crippen molar-refractivity contribution < 1.29 is 9.59 Å². The molecule has 1 saturated heterocycles. The molecular weight excluding hydrogens is 266 g/mol. The standard InChI is InChI=1S/C16H23N3O2/c1-12-6-5-7-13(17)15(12)16(21)18-9-8-14(20)19-10-3-2-4-11-19/h5-7H,2-4,8-11,17H2,1H3,(H,18,21). The second kappa shape index (κ2) is 7.11. The third kappa shape index (κ3) is 3.97. The summed E-state index contributed by atoms with van der Waals surface area (Å²) >= 11 is 0. The number of nitrogens with zero attached hydrogens (tertiary/aromatic N) is 1. The van der Waals surface area contributed by atoms with Crippen molar-refractivity contribution in [3.05, 3.63) is 29.3 Å². The number of benzene rings is 1. The molecule has 0 spiro atoms. The van der Waals surface area contributed by atoms with Crippen LogP contribution in [0.1, 0.15) is 41.6 Å². The van der Waals surface area contributed by atoms with E-state index in [0.29, 0.717) is 24.2 Å². The lowest BCUT2D eigenvalue weighted by Gasteiger charge is -2.26. The van der Waals surface area contributed by atoms with E-state index in [1.807, 2.05) is 24.0 Å². The van der Waals surface area contributed by atoms with Gasteiger partial charge in [0, 0.05) is 31.7 Å². The van der Waals surface area contributed by atoms with Crippen molar-refractivity contribution in [1.82, 2.24) is 10.2 Å². The Morgan fingerprint density at radius 3 is 2.62 bits per heavy atom. The highest BCUT2D eigenvalue weighted by Crippen LogP contribution is 2.16. The van der Waals surface area contributed by atoms with Crippen LogP contribution in [-0.2, 0) is 4.79 Å². The van der Waals surface area contributed by atoms with Crippen molar-refractivity contribution in [2.75, 3.05) is 25.4 Å². The van der Waals surface area contributed by atoms with E-state index in [4.69, 9.17) is 5.73 Å². The molecule has 1 aromatic rings. The van der Waals surface area contributed by atoms with Gasteiger partial charge in [0.05, 0.1) is 5.56 Å². The van der Waals surface area contributed by atoms with E-state index in [1.165, 1.54) is 6.42 Å². The highest BCUT2D eigenvalue weighted by Gasteiger charge is 2.17. The van der Waals surface area contributed by atoms with Crippen molar-refractivity contribution in [1.29, 1.82) is 0 Å². The number of carbonyl (C=O) groups excluding carboxylic acids is 2. The van der Waals surface area contributed by atoms with E-state index in [9.17, 15) is 9.59 Å². The van der Waals surface area contributed by atoms with Gasteiger partial charge in [0.2, 0.25) is 5.91 Å². The molecule has 1 heterocycles. The molecule has 1 aromatic carbocycles. The summed E-state index contributed by atoms with van der Waals surface area (Å²) in [6.07, 6.45) is 3.71. The summed E-state index contributed by atoms with van der Waals surface area (Å²) in [6.45, 7) is 3.89. The summed E-state index contributed by atoms with van der Waals surface area (Å²) in [4.78, 5) is 26.0. The molecule has 0 saturated carbocycles. The predicted molar refractivity (Wildman–Crippen MR) is 83.0 cm³/mol. The van der Waals surface area contributed by atoms with E-state index < -0.39 is 0 Å². The second-order valence-electron chi connectivity index (χ2n) is 5.49. The number of hydrogen-bond donors (Lipinski definition) is 2. The minimum absolute atomic E-state index is 0.118. The Hall–Kier alpha value is -2.04. The monoisotopic (exact) mass is 289 g/mol. The smallest absolute Gasteiger partial charge is 0.253 e. The Kier molecular flexibility index (Phi) is 5.20. The number of nitrogens with one attached hydrogen (secondary N) is 1. The number of rotatable bonds is 4. The molecule has 1 aliphatic rings. The Bertz CT molecular complexity index is 502. The van der Waals surface area contributed by atoms with E-state index in [0.717, 1.165) is 31.5 Å².